The molecule has 1 aliphatic rings. The van der Waals surface area contributed by atoms with Crippen molar-refractivity contribution in [2.24, 2.45) is 11.7 Å². The second-order valence-corrected chi connectivity index (χ2v) is 4.64. The zero-order chi connectivity index (χ0) is 12.6. The van der Waals surface area contributed by atoms with Gasteiger partial charge in [-0.15, -0.1) is 12.4 Å². The highest BCUT2D eigenvalue weighted by molar-refractivity contribution is 5.85. The molecule has 0 saturated heterocycles. The van der Waals surface area contributed by atoms with Crippen LogP contribution in [0.4, 0.5) is 5.69 Å². The van der Waals surface area contributed by atoms with E-state index < -0.39 is 4.92 Å². The highest BCUT2D eigenvalue weighted by atomic mass is 35.5. The fraction of sp³-hybridized carbons (Fsp3) is 0.500. The maximum absolute atomic E-state index is 10.9. The first-order chi connectivity index (χ1) is 8.02. The summed E-state index contributed by atoms with van der Waals surface area (Å²) in [6.45, 7) is 1.61. The minimum absolute atomic E-state index is 0. The molecule has 1 atom stereocenters. The fourth-order valence-corrected chi connectivity index (χ4v) is 2.25. The molecule has 1 aromatic rings. The number of rotatable bonds is 3. The Balaban J connectivity index is 0.00000162. The van der Waals surface area contributed by atoms with Gasteiger partial charge in [-0.25, -0.2) is 0 Å². The van der Waals surface area contributed by atoms with Gasteiger partial charge in [-0.3, -0.25) is 10.1 Å². The highest BCUT2D eigenvalue weighted by Gasteiger charge is 2.30. The standard InChI is InChI=1S/C12H16N2O3.ClH/c1-7-5-6-9(10(13)8-3-2-4-8)12(15)11(7)14(16)17;/h5-6,8,10,15H,2-4,13H2,1H3;1H/t10-;/m1./s1. The van der Waals surface area contributed by atoms with E-state index in [1.54, 1.807) is 19.1 Å². The third-order valence-electron chi connectivity index (χ3n) is 3.58. The Kier molecular flexibility index (Phi) is 4.53. The van der Waals surface area contributed by atoms with E-state index in [-0.39, 0.29) is 29.9 Å². The Morgan fingerprint density at radius 3 is 2.56 bits per heavy atom. The minimum atomic E-state index is -0.554. The summed E-state index contributed by atoms with van der Waals surface area (Å²) in [6, 6.07) is 3.04. The van der Waals surface area contributed by atoms with Crippen LogP contribution in [0.15, 0.2) is 12.1 Å². The molecule has 0 heterocycles. The molecule has 1 aromatic carbocycles. The number of halogens is 1. The van der Waals surface area contributed by atoms with Crippen LogP contribution in [0, 0.1) is 23.0 Å². The van der Waals surface area contributed by atoms with Gasteiger partial charge in [0, 0.05) is 17.2 Å². The molecule has 2 rings (SSSR count). The first kappa shape index (κ1) is 14.7. The molecule has 3 N–H and O–H groups in total. The molecule has 0 amide bonds. The number of nitro benzene ring substituents is 1. The zero-order valence-corrected chi connectivity index (χ0v) is 10.9. The van der Waals surface area contributed by atoms with Crippen LogP contribution < -0.4 is 5.73 Å². The second-order valence-electron chi connectivity index (χ2n) is 4.64. The van der Waals surface area contributed by atoms with E-state index in [1.807, 2.05) is 0 Å². The largest absolute Gasteiger partial charge is 0.502 e. The van der Waals surface area contributed by atoms with Crippen LogP contribution in [0.1, 0.15) is 36.4 Å². The van der Waals surface area contributed by atoms with Gasteiger partial charge in [0.2, 0.25) is 0 Å². The monoisotopic (exact) mass is 272 g/mol. The minimum Gasteiger partial charge on any atom is -0.502 e. The Hall–Kier alpha value is -1.33. The lowest BCUT2D eigenvalue weighted by molar-refractivity contribution is -0.386. The topological polar surface area (TPSA) is 89.4 Å². The summed E-state index contributed by atoms with van der Waals surface area (Å²) < 4.78 is 0. The van der Waals surface area contributed by atoms with Crippen molar-refractivity contribution in [3.05, 3.63) is 33.4 Å². The van der Waals surface area contributed by atoms with E-state index >= 15 is 0 Å². The number of aryl methyl sites for hydroxylation is 1. The van der Waals surface area contributed by atoms with Crippen molar-refractivity contribution in [2.45, 2.75) is 32.2 Å². The van der Waals surface area contributed by atoms with Gasteiger partial charge in [0.15, 0.2) is 5.75 Å². The van der Waals surface area contributed by atoms with Crippen LogP contribution in [0.2, 0.25) is 0 Å². The molecule has 5 nitrogen and oxygen atoms in total. The molecule has 1 aliphatic carbocycles. The predicted molar refractivity (Wildman–Crippen MR) is 71.0 cm³/mol. The fourth-order valence-electron chi connectivity index (χ4n) is 2.25. The molecule has 0 aliphatic heterocycles. The number of aromatic hydroxyl groups is 1. The van der Waals surface area contributed by atoms with E-state index in [0.29, 0.717) is 17.0 Å². The van der Waals surface area contributed by atoms with E-state index in [9.17, 15) is 15.2 Å². The van der Waals surface area contributed by atoms with Crippen molar-refractivity contribution in [3.8, 4) is 5.75 Å². The number of nitro groups is 1. The highest BCUT2D eigenvalue weighted by Crippen LogP contribution is 2.42. The van der Waals surface area contributed by atoms with Crippen LogP contribution in [-0.4, -0.2) is 10.0 Å². The molecule has 0 spiro atoms. The van der Waals surface area contributed by atoms with Crippen molar-refractivity contribution in [1.29, 1.82) is 0 Å². The van der Waals surface area contributed by atoms with Crippen molar-refractivity contribution in [2.75, 3.05) is 0 Å². The van der Waals surface area contributed by atoms with Gasteiger partial charge < -0.3 is 10.8 Å². The molecule has 0 aromatic heterocycles. The Morgan fingerprint density at radius 1 is 1.50 bits per heavy atom. The smallest absolute Gasteiger partial charge is 0.313 e. The maximum Gasteiger partial charge on any atom is 0.313 e. The van der Waals surface area contributed by atoms with Gasteiger partial charge in [-0.2, -0.15) is 0 Å². The average Bonchev–Trinajstić information content (AvgIpc) is 2.13. The number of benzene rings is 1. The number of hydrogen-bond acceptors (Lipinski definition) is 4. The van der Waals surface area contributed by atoms with Crippen molar-refractivity contribution in [1.82, 2.24) is 0 Å². The molecule has 6 heteroatoms. The predicted octanol–water partition coefficient (Wildman–Crippen LogP) is 2.83. The lowest BCUT2D eigenvalue weighted by atomic mass is 9.77. The Morgan fingerprint density at radius 2 is 2.11 bits per heavy atom. The lowest BCUT2D eigenvalue weighted by Crippen LogP contribution is -2.27. The number of nitrogens with zero attached hydrogens (tertiary/aromatic N) is 1. The summed E-state index contributed by atoms with van der Waals surface area (Å²) in [7, 11) is 0. The van der Waals surface area contributed by atoms with Gasteiger partial charge >= 0.3 is 5.69 Å². The van der Waals surface area contributed by atoms with Gasteiger partial charge in [-0.1, -0.05) is 18.6 Å². The van der Waals surface area contributed by atoms with Crippen LogP contribution in [0.5, 0.6) is 5.75 Å². The first-order valence-corrected chi connectivity index (χ1v) is 5.74. The summed E-state index contributed by atoms with van der Waals surface area (Å²) >= 11 is 0. The third kappa shape index (κ3) is 2.42. The van der Waals surface area contributed by atoms with Crippen molar-refractivity contribution in [3.63, 3.8) is 0 Å². The molecule has 1 saturated carbocycles. The molecule has 18 heavy (non-hydrogen) atoms. The maximum atomic E-state index is 10.9. The molecular formula is C12H17ClN2O3. The summed E-state index contributed by atoms with van der Waals surface area (Å²) in [4.78, 5) is 10.3. The van der Waals surface area contributed by atoms with E-state index in [1.165, 1.54) is 0 Å². The van der Waals surface area contributed by atoms with Gasteiger partial charge in [-0.05, 0) is 25.7 Å². The quantitative estimate of drug-likeness (QED) is 0.654. The van der Waals surface area contributed by atoms with Gasteiger partial charge in [0.25, 0.3) is 0 Å². The molecular weight excluding hydrogens is 256 g/mol. The Labute approximate surface area is 112 Å². The molecule has 0 unspecified atom stereocenters. The van der Waals surface area contributed by atoms with Crippen LogP contribution >= 0.6 is 12.4 Å². The summed E-state index contributed by atoms with van der Waals surface area (Å²) in [5.74, 6) is 0.0672. The summed E-state index contributed by atoms with van der Waals surface area (Å²) in [5, 5.41) is 20.8. The summed E-state index contributed by atoms with van der Waals surface area (Å²) in [5.41, 5.74) is 6.76. The zero-order valence-electron chi connectivity index (χ0n) is 10.1. The lowest BCUT2D eigenvalue weighted by Gasteiger charge is -2.31. The van der Waals surface area contributed by atoms with E-state index in [0.717, 1.165) is 19.3 Å². The van der Waals surface area contributed by atoms with Crippen LogP contribution in [0.3, 0.4) is 0 Å². The van der Waals surface area contributed by atoms with E-state index in [2.05, 4.69) is 0 Å². The normalized spacial score (nSPS) is 16.6. The number of hydrogen-bond donors (Lipinski definition) is 2. The van der Waals surface area contributed by atoms with E-state index in [4.69, 9.17) is 5.73 Å². The Bertz CT molecular complexity index is 461. The first-order valence-electron chi connectivity index (χ1n) is 5.74. The average molecular weight is 273 g/mol. The second kappa shape index (κ2) is 5.54. The molecule has 0 radical (unpaired) electrons. The molecule has 100 valence electrons. The molecule has 1 fully saturated rings. The summed E-state index contributed by atoms with van der Waals surface area (Å²) in [6.07, 6.45) is 3.21. The number of nitrogens with two attached hydrogens (primary N) is 1. The third-order valence-corrected chi connectivity index (χ3v) is 3.58. The van der Waals surface area contributed by atoms with Crippen molar-refractivity contribution >= 4 is 18.1 Å². The van der Waals surface area contributed by atoms with Gasteiger partial charge in [0.1, 0.15) is 0 Å². The van der Waals surface area contributed by atoms with Gasteiger partial charge in [0.05, 0.1) is 4.92 Å². The molecule has 0 bridgehead atoms. The number of phenols is 1. The van der Waals surface area contributed by atoms with Crippen LogP contribution in [0.25, 0.3) is 0 Å². The SMILES string of the molecule is Cc1ccc([C@H](N)C2CCC2)c(O)c1[N+](=O)[O-].Cl. The van der Waals surface area contributed by atoms with Crippen molar-refractivity contribution < 1.29 is 10.0 Å². The number of phenolic OH excluding ortho intramolecular Hbond substituents is 1. The van der Waals surface area contributed by atoms with Crippen LogP contribution in [-0.2, 0) is 0 Å².